The van der Waals surface area contributed by atoms with Gasteiger partial charge in [0, 0.05) is 5.25 Å². The number of hydrogen-bond acceptors (Lipinski definition) is 5. The summed E-state index contributed by atoms with van der Waals surface area (Å²) in [5, 5.41) is 9.08. The SMILES string of the molecule is C=C\C=C(C=C)/C=C\C=C(\C)Sc1nnc(SC(C)\C=C/C=C(\C=C/C)C(CC(C)(C)C)C(C)(C)C)s1. The zero-order valence-corrected chi connectivity index (χ0v) is 26.7. The predicted molar refractivity (Wildman–Crippen MR) is 172 cm³/mol. The minimum absolute atomic E-state index is 0.200. The second-order valence-corrected chi connectivity index (χ2v) is 15.3. The molecular weight excluding hydrogens is 509 g/mol. The molecule has 0 aliphatic heterocycles. The molecule has 1 rings (SSSR count). The molecule has 0 saturated heterocycles. The molecule has 0 N–H and O–H groups in total. The van der Waals surface area contributed by atoms with Crippen LogP contribution >= 0.6 is 34.9 Å². The summed E-state index contributed by atoms with van der Waals surface area (Å²) >= 11 is 5.03. The highest BCUT2D eigenvalue weighted by Crippen LogP contribution is 2.41. The average Bonchev–Trinajstić information content (AvgIpc) is 3.21. The van der Waals surface area contributed by atoms with E-state index in [1.165, 1.54) is 5.57 Å². The Hall–Kier alpha value is -1.82. The van der Waals surface area contributed by atoms with Crippen molar-refractivity contribution in [2.45, 2.75) is 82.7 Å². The molecule has 1 aromatic rings. The van der Waals surface area contributed by atoms with Crippen LogP contribution in [-0.4, -0.2) is 15.4 Å². The number of hydrogen-bond donors (Lipinski definition) is 0. The number of rotatable bonds is 13. The van der Waals surface area contributed by atoms with E-state index in [4.69, 9.17) is 0 Å². The van der Waals surface area contributed by atoms with Crippen molar-refractivity contribution in [2.75, 3.05) is 0 Å². The van der Waals surface area contributed by atoms with E-state index in [-0.39, 0.29) is 10.8 Å². The summed E-state index contributed by atoms with van der Waals surface area (Å²) in [6, 6.07) is 0. The van der Waals surface area contributed by atoms with Crippen LogP contribution in [0.4, 0.5) is 0 Å². The highest BCUT2D eigenvalue weighted by molar-refractivity contribution is 8.05. The summed E-state index contributed by atoms with van der Waals surface area (Å²) in [5.74, 6) is 0.492. The van der Waals surface area contributed by atoms with Gasteiger partial charge < -0.3 is 0 Å². The van der Waals surface area contributed by atoms with Gasteiger partial charge in [-0.3, -0.25) is 0 Å². The van der Waals surface area contributed by atoms with Crippen LogP contribution < -0.4 is 0 Å². The third kappa shape index (κ3) is 14.1. The molecule has 0 aliphatic rings. The lowest BCUT2D eigenvalue weighted by molar-refractivity contribution is 0.199. The van der Waals surface area contributed by atoms with Crippen LogP contribution in [0.5, 0.6) is 0 Å². The molecule has 0 bridgehead atoms. The zero-order valence-electron chi connectivity index (χ0n) is 24.2. The van der Waals surface area contributed by atoms with Gasteiger partial charge in [-0.2, -0.15) is 0 Å². The predicted octanol–water partition coefficient (Wildman–Crippen LogP) is 11.0. The van der Waals surface area contributed by atoms with Gasteiger partial charge in [0.25, 0.3) is 0 Å². The maximum absolute atomic E-state index is 4.40. The van der Waals surface area contributed by atoms with E-state index in [1.54, 1.807) is 40.9 Å². The first-order valence-electron chi connectivity index (χ1n) is 12.8. The summed E-state index contributed by atoms with van der Waals surface area (Å²) in [5.41, 5.74) is 2.90. The van der Waals surface area contributed by atoms with Gasteiger partial charge in [0.2, 0.25) is 0 Å². The Morgan fingerprint density at radius 1 is 0.973 bits per heavy atom. The van der Waals surface area contributed by atoms with Gasteiger partial charge >= 0.3 is 0 Å². The van der Waals surface area contributed by atoms with E-state index in [0.29, 0.717) is 11.2 Å². The van der Waals surface area contributed by atoms with Crippen molar-refractivity contribution in [3.8, 4) is 0 Å². The van der Waals surface area contributed by atoms with Crippen LogP contribution in [0.25, 0.3) is 0 Å². The monoisotopic (exact) mass is 554 g/mol. The molecule has 0 aliphatic carbocycles. The molecule has 0 aromatic carbocycles. The van der Waals surface area contributed by atoms with Crippen molar-refractivity contribution in [3.05, 3.63) is 96.0 Å². The number of allylic oxidation sites excluding steroid dienone is 13. The molecule has 0 amide bonds. The van der Waals surface area contributed by atoms with Gasteiger partial charge in [-0.1, -0.05) is 156 Å². The standard InChI is InChI=1S/C32H46N2S3/c1-12-17-26(14-3)21-15-19-24(4)35-29-33-34-30(37-29)36-25(5)20-16-22-27(18-13-2)28(32(9,10)11)23-31(6,7)8/h12-22,25,28H,1,3,23H2,2,4-11H3/b18-13-,20-16-,21-15-,24-19-,26-17-,27-22+. The second kappa shape index (κ2) is 16.2. The van der Waals surface area contributed by atoms with Crippen LogP contribution in [0.15, 0.2) is 105 Å². The first-order valence-corrected chi connectivity index (χ1v) is 15.3. The molecule has 0 fully saturated rings. The highest BCUT2D eigenvalue weighted by atomic mass is 32.2. The van der Waals surface area contributed by atoms with E-state index in [1.807, 2.05) is 24.3 Å². The van der Waals surface area contributed by atoms with Crippen molar-refractivity contribution in [1.29, 1.82) is 0 Å². The fraction of sp³-hybridized carbons (Fsp3) is 0.438. The molecule has 0 spiro atoms. The first-order chi connectivity index (χ1) is 17.3. The van der Waals surface area contributed by atoms with Gasteiger partial charge in [0.15, 0.2) is 8.68 Å². The van der Waals surface area contributed by atoms with Gasteiger partial charge in [0.05, 0.1) is 0 Å². The maximum atomic E-state index is 4.40. The van der Waals surface area contributed by atoms with Crippen LogP contribution in [0, 0.1) is 16.7 Å². The normalized spacial score (nSPS) is 16.2. The smallest absolute Gasteiger partial charge is 0.131 e. The summed E-state index contributed by atoms with van der Waals surface area (Å²) in [7, 11) is 0. The van der Waals surface area contributed by atoms with E-state index in [0.717, 1.165) is 25.6 Å². The first kappa shape index (κ1) is 33.2. The minimum Gasteiger partial charge on any atom is -0.131 e. The summed E-state index contributed by atoms with van der Waals surface area (Å²) in [4.78, 5) is 1.16. The average molecular weight is 555 g/mol. The number of nitrogens with zero attached hydrogens (tertiary/aromatic N) is 2. The van der Waals surface area contributed by atoms with E-state index in [2.05, 4.69) is 122 Å². The number of aromatic nitrogens is 2. The Kier molecular flexibility index (Phi) is 14.5. The number of thioether (sulfide) groups is 2. The Labute approximate surface area is 239 Å². The van der Waals surface area contributed by atoms with Crippen molar-refractivity contribution in [1.82, 2.24) is 10.2 Å². The molecule has 0 radical (unpaired) electrons. The fourth-order valence-electron chi connectivity index (χ4n) is 3.62. The van der Waals surface area contributed by atoms with Crippen molar-refractivity contribution < 1.29 is 0 Å². The Morgan fingerprint density at radius 2 is 1.65 bits per heavy atom. The summed E-state index contributed by atoms with van der Waals surface area (Å²) < 4.78 is 1.95. The topological polar surface area (TPSA) is 25.8 Å². The maximum Gasteiger partial charge on any atom is 0.179 e. The Bertz CT molecular complexity index is 1050. The molecule has 0 saturated carbocycles. The van der Waals surface area contributed by atoms with Gasteiger partial charge in [0.1, 0.15) is 0 Å². The molecule has 5 heteroatoms. The molecule has 2 unspecified atom stereocenters. The van der Waals surface area contributed by atoms with E-state index in [9.17, 15) is 0 Å². The molecule has 202 valence electrons. The van der Waals surface area contributed by atoms with E-state index >= 15 is 0 Å². The second-order valence-electron chi connectivity index (χ2n) is 11.2. The zero-order chi connectivity index (χ0) is 28.1. The van der Waals surface area contributed by atoms with Crippen molar-refractivity contribution in [2.24, 2.45) is 16.7 Å². The molecule has 2 nitrogen and oxygen atoms in total. The quantitative estimate of drug-likeness (QED) is 0.179. The van der Waals surface area contributed by atoms with Crippen molar-refractivity contribution >= 4 is 34.9 Å². The lowest BCUT2D eigenvalue weighted by atomic mass is 9.68. The van der Waals surface area contributed by atoms with Gasteiger partial charge in [-0.15, -0.1) is 10.2 Å². The van der Waals surface area contributed by atoms with Gasteiger partial charge in [-0.05, 0) is 60.0 Å². The third-order valence-corrected chi connectivity index (χ3v) is 8.46. The minimum atomic E-state index is 0.200. The largest absolute Gasteiger partial charge is 0.179 e. The Balaban J connectivity index is 2.86. The lowest BCUT2D eigenvalue weighted by Crippen LogP contribution is -2.26. The third-order valence-electron chi connectivity index (χ3n) is 5.38. The lowest BCUT2D eigenvalue weighted by Gasteiger charge is -2.36. The highest BCUT2D eigenvalue weighted by Gasteiger charge is 2.30. The summed E-state index contributed by atoms with van der Waals surface area (Å²) in [6.07, 6.45) is 23.9. The van der Waals surface area contributed by atoms with E-state index < -0.39 is 0 Å². The van der Waals surface area contributed by atoms with Crippen molar-refractivity contribution in [3.63, 3.8) is 0 Å². The molecule has 37 heavy (non-hydrogen) atoms. The van der Waals surface area contributed by atoms with Crippen LogP contribution in [0.2, 0.25) is 0 Å². The molecular formula is C32H46N2S3. The van der Waals surface area contributed by atoms with Gasteiger partial charge in [-0.25, -0.2) is 0 Å². The Morgan fingerprint density at radius 3 is 2.22 bits per heavy atom. The molecule has 2 atom stereocenters. The van der Waals surface area contributed by atoms with Crippen LogP contribution in [-0.2, 0) is 0 Å². The molecule has 1 aromatic heterocycles. The summed E-state index contributed by atoms with van der Waals surface area (Å²) in [6.45, 7) is 28.0. The van der Waals surface area contributed by atoms with Crippen LogP contribution in [0.3, 0.4) is 0 Å². The fourth-order valence-corrected chi connectivity index (χ4v) is 6.85. The van der Waals surface area contributed by atoms with Crippen LogP contribution in [0.1, 0.15) is 68.7 Å². The molecule has 1 heterocycles.